The fraction of sp³-hybridized carbons (Fsp3) is 0.471. The van der Waals surface area contributed by atoms with Gasteiger partial charge in [0.15, 0.2) is 0 Å². The van der Waals surface area contributed by atoms with Crippen molar-refractivity contribution in [3.63, 3.8) is 0 Å². The van der Waals surface area contributed by atoms with E-state index in [4.69, 9.17) is 4.42 Å². The van der Waals surface area contributed by atoms with Crippen LogP contribution in [0.15, 0.2) is 34.9 Å². The third-order valence-electron chi connectivity index (χ3n) is 4.08. The molecular weight excluding hydrogens is 267 g/mol. The summed E-state index contributed by atoms with van der Waals surface area (Å²) in [5.74, 6) is 1.38. The van der Waals surface area contributed by atoms with E-state index in [1.807, 2.05) is 6.07 Å². The van der Waals surface area contributed by atoms with E-state index in [0.29, 0.717) is 12.5 Å². The largest absolute Gasteiger partial charge is 0.444 e. The molecule has 1 saturated heterocycles. The summed E-state index contributed by atoms with van der Waals surface area (Å²) in [4.78, 5) is 6.88. The van der Waals surface area contributed by atoms with Crippen LogP contribution in [0.2, 0.25) is 0 Å². The topological polar surface area (TPSA) is 29.3 Å². The van der Waals surface area contributed by atoms with Gasteiger partial charge in [-0.25, -0.2) is 9.37 Å². The number of likely N-dealkylation sites (tertiary alicyclic amines) is 1. The third kappa shape index (κ3) is 3.16. The Balaban J connectivity index is 1.74. The summed E-state index contributed by atoms with van der Waals surface area (Å²) in [5.41, 5.74) is 0.907. The van der Waals surface area contributed by atoms with Gasteiger partial charge in [-0.2, -0.15) is 0 Å². The molecule has 1 fully saturated rings. The molecular formula is C17H21FN2O. The summed E-state index contributed by atoms with van der Waals surface area (Å²) in [7, 11) is 0. The fourth-order valence-electron chi connectivity index (χ4n) is 3.08. The molecule has 0 aliphatic carbocycles. The van der Waals surface area contributed by atoms with Crippen LogP contribution in [0.25, 0.3) is 0 Å². The first-order chi connectivity index (χ1) is 10.1. The van der Waals surface area contributed by atoms with Crippen LogP contribution in [0.3, 0.4) is 0 Å². The highest BCUT2D eigenvalue weighted by atomic mass is 19.1. The number of benzene rings is 1. The van der Waals surface area contributed by atoms with E-state index in [1.54, 1.807) is 12.3 Å². The lowest BCUT2D eigenvalue weighted by atomic mass is 10.1. The molecule has 0 bridgehead atoms. The molecule has 1 atom stereocenters. The van der Waals surface area contributed by atoms with Gasteiger partial charge in [0.2, 0.25) is 5.89 Å². The average Bonchev–Trinajstić information content (AvgIpc) is 3.06. The molecule has 2 aromatic rings. The molecule has 0 amide bonds. The summed E-state index contributed by atoms with van der Waals surface area (Å²) in [6.45, 7) is 5.51. The summed E-state index contributed by atoms with van der Waals surface area (Å²) in [6.07, 6.45) is 4.64. The van der Waals surface area contributed by atoms with Crippen LogP contribution in [0.5, 0.6) is 0 Å². The molecule has 4 heteroatoms. The Morgan fingerprint density at radius 2 is 2.29 bits per heavy atom. The van der Waals surface area contributed by atoms with Crippen molar-refractivity contribution in [2.75, 3.05) is 6.54 Å². The van der Waals surface area contributed by atoms with Crippen molar-refractivity contribution in [2.24, 2.45) is 0 Å². The first-order valence-corrected chi connectivity index (χ1v) is 7.58. The first kappa shape index (κ1) is 14.3. The number of rotatable bonds is 4. The van der Waals surface area contributed by atoms with Gasteiger partial charge in [-0.15, -0.1) is 0 Å². The van der Waals surface area contributed by atoms with Gasteiger partial charge in [-0.3, -0.25) is 4.90 Å². The van der Waals surface area contributed by atoms with Gasteiger partial charge in [0.25, 0.3) is 0 Å². The summed E-state index contributed by atoms with van der Waals surface area (Å²) >= 11 is 0. The van der Waals surface area contributed by atoms with E-state index < -0.39 is 0 Å². The van der Waals surface area contributed by atoms with Crippen LogP contribution < -0.4 is 0 Å². The van der Waals surface area contributed by atoms with E-state index in [9.17, 15) is 4.39 Å². The maximum absolute atomic E-state index is 13.2. The van der Waals surface area contributed by atoms with Crippen molar-refractivity contribution in [3.8, 4) is 0 Å². The molecule has 2 heterocycles. The van der Waals surface area contributed by atoms with Gasteiger partial charge in [0, 0.05) is 12.5 Å². The minimum atomic E-state index is -0.214. The minimum Gasteiger partial charge on any atom is -0.444 e. The highest BCUT2D eigenvalue weighted by molar-refractivity contribution is 5.21. The SMILES string of the molecule is CC(C)N1CCC[C@H]1c1ncc(Cc2cccc(F)c2)o1. The first-order valence-electron chi connectivity index (χ1n) is 7.58. The third-order valence-corrected chi connectivity index (χ3v) is 4.08. The second kappa shape index (κ2) is 5.98. The van der Waals surface area contributed by atoms with E-state index in [2.05, 4.69) is 23.7 Å². The lowest BCUT2D eigenvalue weighted by molar-refractivity contribution is 0.178. The number of hydrogen-bond acceptors (Lipinski definition) is 3. The molecule has 1 aromatic carbocycles. The number of nitrogens with zero attached hydrogens (tertiary/aromatic N) is 2. The zero-order valence-corrected chi connectivity index (χ0v) is 12.6. The summed E-state index contributed by atoms with van der Waals surface area (Å²) < 4.78 is 19.1. The highest BCUT2D eigenvalue weighted by Gasteiger charge is 2.31. The Kier molecular flexibility index (Phi) is 4.06. The molecule has 0 unspecified atom stereocenters. The minimum absolute atomic E-state index is 0.214. The normalized spacial score (nSPS) is 19.5. The van der Waals surface area contributed by atoms with Crippen molar-refractivity contribution in [2.45, 2.75) is 45.2 Å². The van der Waals surface area contributed by atoms with Gasteiger partial charge in [0.1, 0.15) is 11.6 Å². The van der Waals surface area contributed by atoms with Gasteiger partial charge in [0.05, 0.1) is 12.2 Å². The van der Waals surface area contributed by atoms with Crippen molar-refractivity contribution < 1.29 is 8.81 Å². The molecule has 112 valence electrons. The molecule has 21 heavy (non-hydrogen) atoms. The second-order valence-corrected chi connectivity index (χ2v) is 5.96. The molecule has 3 nitrogen and oxygen atoms in total. The van der Waals surface area contributed by atoms with Crippen LogP contribution in [-0.2, 0) is 6.42 Å². The maximum Gasteiger partial charge on any atom is 0.211 e. The Bertz CT molecular complexity index is 608. The van der Waals surface area contributed by atoms with Crippen molar-refractivity contribution in [1.82, 2.24) is 9.88 Å². The van der Waals surface area contributed by atoms with Gasteiger partial charge < -0.3 is 4.42 Å². The van der Waals surface area contributed by atoms with E-state index in [1.165, 1.54) is 18.6 Å². The van der Waals surface area contributed by atoms with Crippen molar-refractivity contribution >= 4 is 0 Å². The zero-order chi connectivity index (χ0) is 14.8. The summed E-state index contributed by atoms with van der Waals surface area (Å²) in [6, 6.07) is 7.40. The number of oxazole rings is 1. The van der Waals surface area contributed by atoms with Gasteiger partial charge in [-0.1, -0.05) is 12.1 Å². The molecule has 1 aliphatic heterocycles. The molecule has 0 N–H and O–H groups in total. The average molecular weight is 288 g/mol. The van der Waals surface area contributed by atoms with Gasteiger partial charge >= 0.3 is 0 Å². The molecule has 3 rings (SSSR count). The van der Waals surface area contributed by atoms with Gasteiger partial charge in [-0.05, 0) is 50.9 Å². The Morgan fingerprint density at radius 3 is 3.05 bits per heavy atom. The monoisotopic (exact) mass is 288 g/mol. The molecule has 0 saturated carbocycles. The number of aromatic nitrogens is 1. The van der Waals surface area contributed by atoms with Crippen molar-refractivity contribution in [1.29, 1.82) is 0 Å². The number of halogens is 1. The van der Waals surface area contributed by atoms with Crippen LogP contribution in [0, 0.1) is 5.82 Å². The van der Waals surface area contributed by atoms with E-state index >= 15 is 0 Å². The second-order valence-electron chi connectivity index (χ2n) is 5.96. The standard InChI is InChI=1S/C17H21FN2O/c1-12(2)20-8-4-7-16(20)17-19-11-15(21-17)10-13-5-3-6-14(18)9-13/h3,5-6,9,11-12,16H,4,7-8,10H2,1-2H3/t16-/m0/s1. The van der Waals surface area contributed by atoms with Crippen LogP contribution >= 0.6 is 0 Å². The quantitative estimate of drug-likeness (QED) is 0.853. The predicted octanol–water partition coefficient (Wildman–Crippen LogP) is 3.95. The van der Waals surface area contributed by atoms with Crippen LogP contribution in [0.1, 0.15) is 49.9 Å². The lowest BCUT2D eigenvalue weighted by Gasteiger charge is -2.25. The maximum atomic E-state index is 13.2. The highest BCUT2D eigenvalue weighted by Crippen LogP contribution is 2.33. The zero-order valence-electron chi connectivity index (χ0n) is 12.6. The summed E-state index contributed by atoms with van der Waals surface area (Å²) in [5, 5.41) is 0. The Hall–Kier alpha value is -1.68. The molecule has 1 aliphatic rings. The number of hydrogen-bond donors (Lipinski definition) is 0. The van der Waals surface area contributed by atoms with Crippen LogP contribution in [0.4, 0.5) is 4.39 Å². The molecule has 0 spiro atoms. The smallest absolute Gasteiger partial charge is 0.211 e. The molecule has 0 radical (unpaired) electrons. The Morgan fingerprint density at radius 1 is 1.43 bits per heavy atom. The van der Waals surface area contributed by atoms with E-state index in [0.717, 1.165) is 30.2 Å². The lowest BCUT2D eigenvalue weighted by Crippen LogP contribution is -2.30. The van der Waals surface area contributed by atoms with Crippen molar-refractivity contribution in [3.05, 3.63) is 53.5 Å². The Labute approximate surface area is 124 Å². The molecule has 1 aromatic heterocycles. The fourth-order valence-corrected chi connectivity index (χ4v) is 3.08. The van der Waals surface area contributed by atoms with E-state index in [-0.39, 0.29) is 11.9 Å². The van der Waals surface area contributed by atoms with Crippen LogP contribution in [-0.4, -0.2) is 22.5 Å². The predicted molar refractivity (Wildman–Crippen MR) is 79.5 cm³/mol.